The normalized spacial score (nSPS) is 19.9. The van der Waals surface area contributed by atoms with Crippen LogP contribution in [0, 0.1) is 5.92 Å². The highest BCUT2D eigenvalue weighted by atomic mass is 32.2. The first-order valence-electron chi connectivity index (χ1n) is 6.81. The molecule has 1 N–H and O–H groups in total. The van der Waals surface area contributed by atoms with Gasteiger partial charge in [0.25, 0.3) is 0 Å². The van der Waals surface area contributed by atoms with Crippen LogP contribution < -0.4 is 4.72 Å². The number of nitrogens with one attached hydrogen (secondary N) is 1. The van der Waals surface area contributed by atoms with E-state index in [1.165, 1.54) is 12.1 Å². The highest BCUT2D eigenvalue weighted by Gasteiger charge is 2.22. The lowest BCUT2D eigenvalue weighted by molar-refractivity contribution is -0.131. The molecule has 5 nitrogen and oxygen atoms in total. The summed E-state index contributed by atoms with van der Waals surface area (Å²) >= 11 is 0. The summed E-state index contributed by atoms with van der Waals surface area (Å²) in [4.78, 5) is 13.9. The smallest absolute Gasteiger partial charge is 0.241 e. The van der Waals surface area contributed by atoms with Crippen LogP contribution in [0.5, 0.6) is 0 Å². The summed E-state index contributed by atoms with van der Waals surface area (Å²) in [6.07, 6.45) is 2.11. The van der Waals surface area contributed by atoms with E-state index in [2.05, 4.69) is 11.6 Å². The van der Waals surface area contributed by atoms with Crippen molar-refractivity contribution in [2.24, 2.45) is 5.92 Å². The Bertz CT molecular complexity index is 557. The number of benzene rings is 1. The van der Waals surface area contributed by atoms with Gasteiger partial charge in [-0.3, -0.25) is 4.79 Å². The standard InChI is InChI=1S/C14H20N2O3S/c1-12-6-5-9-16(11-12)14(17)10-15-20(18,19)13-7-3-2-4-8-13/h2-4,7-8,12,15H,5-6,9-11H2,1H3. The zero-order valence-electron chi connectivity index (χ0n) is 11.6. The number of piperidine rings is 1. The third kappa shape index (κ3) is 3.80. The molecule has 0 saturated carbocycles. The largest absolute Gasteiger partial charge is 0.341 e. The fraction of sp³-hybridized carbons (Fsp3) is 0.500. The maximum atomic E-state index is 12.0. The fourth-order valence-electron chi connectivity index (χ4n) is 2.37. The molecule has 1 aliphatic heterocycles. The van der Waals surface area contributed by atoms with Crippen LogP contribution in [-0.2, 0) is 14.8 Å². The molecule has 0 aromatic heterocycles. The van der Waals surface area contributed by atoms with Gasteiger partial charge in [0.05, 0.1) is 11.4 Å². The van der Waals surface area contributed by atoms with Gasteiger partial charge in [-0.25, -0.2) is 13.1 Å². The topological polar surface area (TPSA) is 66.5 Å². The second-order valence-corrected chi connectivity index (χ2v) is 6.99. The van der Waals surface area contributed by atoms with E-state index in [-0.39, 0.29) is 17.3 Å². The van der Waals surface area contributed by atoms with E-state index in [1.54, 1.807) is 23.1 Å². The number of hydrogen-bond donors (Lipinski definition) is 1. The number of nitrogens with zero attached hydrogens (tertiary/aromatic N) is 1. The number of hydrogen-bond acceptors (Lipinski definition) is 3. The van der Waals surface area contributed by atoms with Crippen LogP contribution in [0.15, 0.2) is 35.2 Å². The predicted molar refractivity (Wildman–Crippen MR) is 76.6 cm³/mol. The van der Waals surface area contributed by atoms with Crippen molar-refractivity contribution in [2.75, 3.05) is 19.6 Å². The molecule has 1 saturated heterocycles. The Balaban J connectivity index is 1.93. The number of carbonyl (C=O) groups excluding carboxylic acids is 1. The lowest BCUT2D eigenvalue weighted by Gasteiger charge is -2.31. The molecule has 20 heavy (non-hydrogen) atoms. The van der Waals surface area contributed by atoms with Crippen LogP contribution in [0.2, 0.25) is 0 Å². The van der Waals surface area contributed by atoms with Crippen LogP contribution in [0.25, 0.3) is 0 Å². The van der Waals surface area contributed by atoms with Gasteiger partial charge in [0.1, 0.15) is 0 Å². The molecule has 0 radical (unpaired) electrons. The van der Waals surface area contributed by atoms with Crippen LogP contribution in [-0.4, -0.2) is 38.9 Å². The van der Waals surface area contributed by atoms with Gasteiger partial charge in [0.15, 0.2) is 0 Å². The van der Waals surface area contributed by atoms with Crippen molar-refractivity contribution < 1.29 is 13.2 Å². The van der Waals surface area contributed by atoms with E-state index in [9.17, 15) is 13.2 Å². The molecular weight excluding hydrogens is 276 g/mol. The Morgan fingerprint density at radius 3 is 2.70 bits per heavy atom. The summed E-state index contributed by atoms with van der Waals surface area (Å²) in [7, 11) is -3.61. The molecule has 1 heterocycles. The summed E-state index contributed by atoms with van der Waals surface area (Å²) in [6.45, 7) is 3.36. The lowest BCUT2D eigenvalue weighted by Crippen LogP contribution is -2.44. The average Bonchev–Trinajstić information content (AvgIpc) is 2.46. The number of amides is 1. The summed E-state index contributed by atoms with van der Waals surface area (Å²) in [5.41, 5.74) is 0. The monoisotopic (exact) mass is 296 g/mol. The Kier molecular flexibility index (Phi) is 4.77. The Hall–Kier alpha value is -1.40. The van der Waals surface area contributed by atoms with E-state index in [1.807, 2.05) is 0 Å². The first-order valence-corrected chi connectivity index (χ1v) is 8.30. The van der Waals surface area contributed by atoms with Gasteiger partial charge in [0, 0.05) is 13.1 Å². The SMILES string of the molecule is CC1CCCN(C(=O)CNS(=O)(=O)c2ccccc2)C1. The number of sulfonamides is 1. The van der Waals surface area contributed by atoms with Crippen molar-refractivity contribution in [3.05, 3.63) is 30.3 Å². The quantitative estimate of drug-likeness (QED) is 0.908. The van der Waals surface area contributed by atoms with Crippen molar-refractivity contribution >= 4 is 15.9 Å². The van der Waals surface area contributed by atoms with Gasteiger partial charge in [-0.1, -0.05) is 25.1 Å². The van der Waals surface area contributed by atoms with E-state index < -0.39 is 10.0 Å². The molecule has 1 amide bonds. The summed E-state index contributed by atoms with van der Waals surface area (Å²) in [5.74, 6) is 0.328. The zero-order valence-corrected chi connectivity index (χ0v) is 12.4. The Labute approximate surface area is 120 Å². The van der Waals surface area contributed by atoms with Gasteiger partial charge < -0.3 is 4.90 Å². The van der Waals surface area contributed by atoms with Gasteiger partial charge in [-0.15, -0.1) is 0 Å². The van der Waals surface area contributed by atoms with Crippen molar-refractivity contribution in [3.63, 3.8) is 0 Å². The highest BCUT2D eigenvalue weighted by molar-refractivity contribution is 7.89. The lowest BCUT2D eigenvalue weighted by atomic mass is 10.0. The molecule has 1 aliphatic rings. The molecule has 0 bridgehead atoms. The Morgan fingerprint density at radius 2 is 2.05 bits per heavy atom. The molecule has 6 heteroatoms. The van der Waals surface area contributed by atoms with Crippen LogP contribution in [0.1, 0.15) is 19.8 Å². The van der Waals surface area contributed by atoms with E-state index in [4.69, 9.17) is 0 Å². The van der Waals surface area contributed by atoms with E-state index >= 15 is 0 Å². The molecule has 0 aliphatic carbocycles. The third-order valence-electron chi connectivity index (χ3n) is 3.48. The molecule has 1 aromatic carbocycles. The number of likely N-dealkylation sites (tertiary alicyclic amines) is 1. The second kappa shape index (κ2) is 6.37. The molecular formula is C14H20N2O3S. The zero-order chi connectivity index (χ0) is 14.6. The van der Waals surface area contributed by atoms with E-state index in [0.29, 0.717) is 12.5 Å². The van der Waals surface area contributed by atoms with Crippen LogP contribution >= 0.6 is 0 Å². The molecule has 2 rings (SSSR count). The van der Waals surface area contributed by atoms with Crippen molar-refractivity contribution in [1.82, 2.24) is 9.62 Å². The minimum Gasteiger partial charge on any atom is -0.341 e. The predicted octanol–water partition coefficient (Wildman–Crippen LogP) is 1.22. The molecule has 1 unspecified atom stereocenters. The molecule has 1 aromatic rings. The maximum absolute atomic E-state index is 12.0. The first-order chi connectivity index (χ1) is 9.49. The first kappa shape index (κ1) is 15.0. The molecule has 110 valence electrons. The minimum absolute atomic E-state index is 0.156. The second-order valence-electron chi connectivity index (χ2n) is 5.22. The minimum atomic E-state index is -3.61. The van der Waals surface area contributed by atoms with Gasteiger partial charge in [-0.05, 0) is 30.9 Å². The van der Waals surface area contributed by atoms with Gasteiger partial charge >= 0.3 is 0 Å². The molecule has 1 atom stereocenters. The fourth-order valence-corrected chi connectivity index (χ4v) is 3.36. The number of carbonyl (C=O) groups is 1. The van der Waals surface area contributed by atoms with Crippen LogP contribution in [0.3, 0.4) is 0 Å². The highest BCUT2D eigenvalue weighted by Crippen LogP contribution is 2.15. The van der Waals surface area contributed by atoms with Crippen LogP contribution in [0.4, 0.5) is 0 Å². The maximum Gasteiger partial charge on any atom is 0.241 e. The van der Waals surface area contributed by atoms with Crippen molar-refractivity contribution in [3.8, 4) is 0 Å². The average molecular weight is 296 g/mol. The Morgan fingerprint density at radius 1 is 1.35 bits per heavy atom. The summed E-state index contributed by atoms with van der Waals surface area (Å²) in [6, 6.07) is 8.08. The summed E-state index contributed by atoms with van der Waals surface area (Å²) in [5, 5.41) is 0. The number of rotatable bonds is 4. The molecule has 0 spiro atoms. The van der Waals surface area contributed by atoms with Crippen molar-refractivity contribution in [2.45, 2.75) is 24.7 Å². The van der Waals surface area contributed by atoms with Crippen molar-refractivity contribution in [1.29, 1.82) is 0 Å². The third-order valence-corrected chi connectivity index (χ3v) is 4.89. The van der Waals surface area contributed by atoms with E-state index in [0.717, 1.165) is 19.4 Å². The van der Waals surface area contributed by atoms with Gasteiger partial charge in [-0.2, -0.15) is 0 Å². The molecule has 1 fully saturated rings. The van der Waals surface area contributed by atoms with Gasteiger partial charge in [0.2, 0.25) is 15.9 Å². The summed E-state index contributed by atoms with van der Waals surface area (Å²) < 4.78 is 26.4.